The van der Waals surface area contributed by atoms with Gasteiger partial charge < -0.3 is 19.5 Å². The lowest BCUT2D eigenvalue weighted by Gasteiger charge is -2.18. The van der Waals surface area contributed by atoms with Crippen molar-refractivity contribution >= 4 is 11.9 Å². The molecule has 7 heteroatoms. The number of ether oxygens (including phenoxy) is 3. The number of nitrogens with one attached hydrogen (secondary N) is 3. The minimum atomic E-state index is -0.581. The van der Waals surface area contributed by atoms with E-state index in [-0.39, 0.29) is 5.84 Å². The Morgan fingerprint density at radius 2 is 1.79 bits per heavy atom. The molecule has 0 radical (unpaired) electrons. The van der Waals surface area contributed by atoms with Gasteiger partial charge in [0, 0.05) is 5.56 Å². The Morgan fingerprint density at radius 1 is 1.11 bits per heavy atom. The Bertz CT molecular complexity index is 530. The first-order valence-corrected chi connectivity index (χ1v) is 5.57. The summed E-state index contributed by atoms with van der Waals surface area (Å²) in [5.41, 5.74) is 0.628. The van der Waals surface area contributed by atoms with E-state index in [1.54, 1.807) is 12.1 Å². The van der Waals surface area contributed by atoms with Crippen molar-refractivity contribution in [1.82, 2.24) is 10.6 Å². The maximum atomic E-state index is 11.3. The maximum Gasteiger partial charge on any atom is 0.321 e. The van der Waals surface area contributed by atoms with Crippen molar-refractivity contribution in [3.63, 3.8) is 0 Å². The van der Waals surface area contributed by atoms with Crippen LogP contribution in [0.25, 0.3) is 0 Å². The van der Waals surface area contributed by atoms with Crippen molar-refractivity contribution in [2.24, 2.45) is 0 Å². The van der Waals surface area contributed by atoms with E-state index in [2.05, 4.69) is 10.6 Å². The molecule has 0 aromatic heterocycles. The average molecular weight is 265 g/mol. The number of urea groups is 1. The molecule has 1 aliphatic rings. The summed E-state index contributed by atoms with van der Waals surface area (Å²) in [7, 11) is 4.52. The van der Waals surface area contributed by atoms with E-state index < -0.39 is 12.1 Å². The number of rotatable bonds is 4. The SMILES string of the molecule is COc1ccc(C2NC(=O)NC2=N)c(OC)c1OC. The molecule has 1 saturated heterocycles. The molecule has 1 heterocycles. The van der Waals surface area contributed by atoms with Gasteiger partial charge in [0.2, 0.25) is 5.75 Å². The minimum Gasteiger partial charge on any atom is -0.493 e. The van der Waals surface area contributed by atoms with E-state index >= 15 is 0 Å². The molecule has 1 aromatic rings. The van der Waals surface area contributed by atoms with E-state index in [1.807, 2.05) is 0 Å². The molecule has 7 nitrogen and oxygen atoms in total. The first-order valence-electron chi connectivity index (χ1n) is 5.57. The Hall–Kier alpha value is -2.44. The third-order valence-corrected chi connectivity index (χ3v) is 2.86. The van der Waals surface area contributed by atoms with Crippen LogP contribution < -0.4 is 24.8 Å². The summed E-state index contributed by atoms with van der Waals surface area (Å²) in [5.74, 6) is 1.44. The van der Waals surface area contributed by atoms with Gasteiger partial charge in [0.05, 0.1) is 21.3 Å². The second kappa shape index (κ2) is 5.05. The summed E-state index contributed by atoms with van der Waals surface area (Å²) in [6, 6.07) is 2.44. The molecule has 0 bridgehead atoms. The topological polar surface area (TPSA) is 92.7 Å². The zero-order valence-electron chi connectivity index (χ0n) is 10.9. The van der Waals surface area contributed by atoms with Gasteiger partial charge in [0.25, 0.3) is 0 Å². The number of carbonyl (C=O) groups excluding carboxylic acids is 1. The summed E-state index contributed by atoms with van der Waals surface area (Å²) in [6.07, 6.45) is 0. The van der Waals surface area contributed by atoms with Crippen LogP contribution in [0, 0.1) is 5.41 Å². The fraction of sp³-hybridized carbons (Fsp3) is 0.333. The van der Waals surface area contributed by atoms with Crippen molar-refractivity contribution in [3.05, 3.63) is 17.7 Å². The molecule has 1 unspecified atom stereocenters. The molecule has 0 saturated carbocycles. The number of benzene rings is 1. The van der Waals surface area contributed by atoms with Crippen molar-refractivity contribution in [1.29, 1.82) is 5.41 Å². The third-order valence-electron chi connectivity index (χ3n) is 2.86. The molecule has 1 aliphatic heterocycles. The van der Waals surface area contributed by atoms with Crippen LogP contribution in [0.15, 0.2) is 12.1 Å². The third kappa shape index (κ3) is 2.14. The van der Waals surface area contributed by atoms with Gasteiger partial charge in [-0.05, 0) is 12.1 Å². The summed E-state index contributed by atoms with van der Waals surface area (Å²) in [4.78, 5) is 11.3. The predicted molar refractivity (Wildman–Crippen MR) is 68.2 cm³/mol. The van der Waals surface area contributed by atoms with Crippen molar-refractivity contribution in [2.75, 3.05) is 21.3 Å². The zero-order chi connectivity index (χ0) is 14.0. The van der Waals surface area contributed by atoms with Gasteiger partial charge in [-0.25, -0.2) is 4.79 Å². The highest BCUT2D eigenvalue weighted by Gasteiger charge is 2.32. The molecule has 0 spiro atoms. The molecule has 2 rings (SSSR count). The van der Waals surface area contributed by atoms with Gasteiger partial charge in [0.1, 0.15) is 11.9 Å². The maximum absolute atomic E-state index is 11.3. The fourth-order valence-corrected chi connectivity index (χ4v) is 2.02. The van der Waals surface area contributed by atoms with Crippen molar-refractivity contribution in [3.8, 4) is 17.2 Å². The summed E-state index contributed by atoms with van der Waals surface area (Å²) >= 11 is 0. The van der Waals surface area contributed by atoms with Crippen LogP contribution in [-0.2, 0) is 0 Å². The molecule has 3 N–H and O–H groups in total. The Kier molecular flexibility index (Phi) is 3.46. The zero-order valence-corrected chi connectivity index (χ0v) is 10.9. The fourth-order valence-electron chi connectivity index (χ4n) is 2.02. The molecule has 102 valence electrons. The number of hydrogen-bond acceptors (Lipinski definition) is 5. The lowest BCUT2D eigenvalue weighted by molar-refractivity contribution is 0.247. The Morgan fingerprint density at radius 3 is 2.26 bits per heavy atom. The first-order chi connectivity index (χ1) is 9.12. The molecular weight excluding hydrogens is 250 g/mol. The van der Waals surface area contributed by atoms with Crippen LogP contribution in [0.1, 0.15) is 11.6 Å². The van der Waals surface area contributed by atoms with E-state index in [4.69, 9.17) is 19.6 Å². The number of methoxy groups -OCH3 is 3. The molecule has 1 atom stereocenters. The lowest BCUT2D eigenvalue weighted by Crippen LogP contribution is -2.22. The smallest absolute Gasteiger partial charge is 0.321 e. The Labute approximate surface area is 110 Å². The number of hydrogen-bond donors (Lipinski definition) is 3. The Balaban J connectivity index is 2.52. The predicted octanol–water partition coefficient (Wildman–Crippen LogP) is 1.04. The van der Waals surface area contributed by atoms with Crippen LogP contribution >= 0.6 is 0 Å². The van der Waals surface area contributed by atoms with Crippen molar-refractivity contribution in [2.45, 2.75) is 6.04 Å². The largest absolute Gasteiger partial charge is 0.493 e. The van der Waals surface area contributed by atoms with E-state index in [0.29, 0.717) is 22.8 Å². The normalized spacial score (nSPS) is 17.7. The van der Waals surface area contributed by atoms with E-state index in [0.717, 1.165) is 0 Å². The minimum absolute atomic E-state index is 0.0653. The molecule has 1 aromatic carbocycles. The van der Waals surface area contributed by atoms with Gasteiger partial charge in [-0.1, -0.05) is 0 Å². The molecule has 19 heavy (non-hydrogen) atoms. The number of amides is 2. The highest BCUT2D eigenvalue weighted by Crippen LogP contribution is 2.42. The van der Waals surface area contributed by atoms with Crippen LogP contribution in [0.2, 0.25) is 0 Å². The summed E-state index contributed by atoms with van der Waals surface area (Å²) in [5, 5.41) is 12.8. The van der Waals surface area contributed by atoms with Gasteiger partial charge >= 0.3 is 6.03 Å². The summed E-state index contributed by atoms with van der Waals surface area (Å²) < 4.78 is 15.8. The van der Waals surface area contributed by atoms with Crippen LogP contribution in [0.3, 0.4) is 0 Å². The van der Waals surface area contributed by atoms with Gasteiger partial charge in [-0.2, -0.15) is 0 Å². The first kappa shape index (κ1) is 13.0. The lowest BCUT2D eigenvalue weighted by atomic mass is 10.0. The number of amidine groups is 1. The molecule has 2 amide bonds. The van der Waals surface area contributed by atoms with Crippen LogP contribution in [-0.4, -0.2) is 33.2 Å². The monoisotopic (exact) mass is 265 g/mol. The quantitative estimate of drug-likeness (QED) is 0.758. The van der Waals surface area contributed by atoms with E-state index in [1.165, 1.54) is 21.3 Å². The second-order valence-electron chi connectivity index (χ2n) is 3.87. The van der Waals surface area contributed by atoms with E-state index in [9.17, 15) is 4.79 Å². The van der Waals surface area contributed by atoms with Crippen molar-refractivity contribution < 1.29 is 19.0 Å². The molecule has 1 fully saturated rings. The van der Waals surface area contributed by atoms with Crippen LogP contribution in [0.5, 0.6) is 17.2 Å². The van der Waals surface area contributed by atoms with Crippen LogP contribution in [0.4, 0.5) is 4.79 Å². The molecular formula is C12H15N3O4. The highest BCUT2D eigenvalue weighted by molar-refractivity contribution is 6.06. The van der Waals surface area contributed by atoms with Gasteiger partial charge in [-0.3, -0.25) is 10.7 Å². The van der Waals surface area contributed by atoms with Gasteiger partial charge in [-0.15, -0.1) is 0 Å². The summed E-state index contributed by atoms with van der Waals surface area (Å²) in [6.45, 7) is 0. The second-order valence-corrected chi connectivity index (χ2v) is 3.87. The molecule has 0 aliphatic carbocycles. The highest BCUT2D eigenvalue weighted by atomic mass is 16.5. The van der Waals surface area contributed by atoms with Gasteiger partial charge in [0.15, 0.2) is 11.5 Å². The average Bonchev–Trinajstić information content (AvgIpc) is 2.75. The number of carbonyl (C=O) groups is 1. The standard InChI is InChI=1S/C12H15N3O4/c1-17-7-5-4-6(9(18-2)10(7)19-3)8-11(13)15-12(16)14-8/h4-5,8H,1-3H3,(H3,13,14,15,16).